The maximum absolute atomic E-state index is 6.03. The van der Waals surface area contributed by atoms with Crippen molar-refractivity contribution in [2.75, 3.05) is 12.3 Å². The van der Waals surface area contributed by atoms with Gasteiger partial charge in [0, 0.05) is 24.8 Å². The summed E-state index contributed by atoms with van der Waals surface area (Å²) in [6.07, 6.45) is 2.56. The Morgan fingerprint density at radius 3 is 2.39 bits per heavy atom. The molecule has 1 unspecified atom stereocenters. The highest BCUT2D eigenvalue weighted by atomic mass is 15.1. The number of rotatable bonds is 7. The third kappa shape index (κ3) is 4.69. The lowest BCUT2D eigenvalue weighted by molar-refractivity contribution is 0.180. The standard InChI is InChI=1S/C16H28N2/c1-5-8-14(4)11-18(13(2)3)12-15-9-6-7-10-16(15)17/h6-7,9-10,13-14H,5,8,11-12,17H2,1-4H3. The Bertz CT molecular complexity index is 347. The van der Waals surface area contributed by atoms with Crippen LogP contribution in [0.25, 0.3) is 0 Å². The zero-order valence-corrected chi connectivity index (χ0v) is 12.3. The Labute approximate surface area is 112 Å². The summed E-state index contributed by atoms with van der Waals surface area (Å²) < 4.78 is 0. The van der Waals surface area contributed by atoms with Crippen molar-refractivity contribution in [3.05, 3.63) is 29.8 Å². The molecule has 1 aromatic carbocycles. The molecule has 0 amide bonds. The van der Waals surface area contributed by atoms with Crippen LogP contribution >= 0.6 is 0 Å². The van der Waals surface area contributed by atoms with Crippen molar-refractivity contribution in [2.24, 2.45) is 5.92 Å². The van der Waals surface area contributed by atoms with E-state index in [2.05, 4.69) is 44.7 Å². The maximum Gasteiger partial charge on any atom is 0.0359 e. The molecule has 0 spiro atoms. The third-order valence-corrected chi connectivity index (χ3v) is 3.49. The zero-order chi connectivity index (χ0) is 13.5. The second-order valence-corrected chi connectivity index (χ2v) is 5.62. The molecule has 0 aliphatic heterocycles. The van der Waals surface area contributed by atoms with E-state index < -0.39 is 0 Å². The van der Waals surface area contributed by atoms with Gasteiger partial charge in [-0.2, -0.15) is 0 Å². The zero-order valence-electron chi connectivity index (χ0n) is 12.3. The highest BCUT2D eigenvalue weighted by Crippen LogP contribution is 2.17. The van der Waals surface area contributed by atoms with Gasteiger partial charge in [0.05, 0.1) is 0 Å². The van der Waals surface area contributed by atoms with Crippen LogP contribution in [0.5, 0.6) is 0 Å². The van der Waals surface area contributed by atoms with Crippen molar-refractivity contribution in [3.8, 4) is 0 Å². The number of nitrogen functional groups attached to an aromatic ring is 1. The first-order valence-electron chi connectivity index (χ1n) is 7.12. The molecule has 0 bridgehead atoms. The van der Waals surface area contributed by atoms with E-state index in [9.17, 15) is 0 Å². The van der Waals surface area contributed by atoms with Gasteiger partial charge in [0.1, 0.15) is 0 Å². The van der Waals surface area contributed by atoms with Crippen LogP contribution in [0.3, 0.4) is 0 Å². The minimum absolute atomic E-state index is 0.559. The Hall–Kier alpha value is -1.02. The number of para-hydroxylation sites is 1. The number of hydrogen-bond acceptors (Lipinski definition) is 2. The van der Waals surface area contributed by atoms with Gasteiger partial charge < -0.3 is 5.73 Å². The lowest BCUT2D eigenvalue weighted by atomic mass is 10.0. The molecule has 0 aliphatic carbocycles. The fraction of sp³-hybridized carbons (Fsp3) is 0.625. The van der Waals surface area contributed by atoms with Gasteiger partial charge in [0.15, 0.2) is 0 Å². The summed E-state index contributed by atoms with van der Waals surface area (Å²) in [5.41, 5.74) is 8.19. The average Bonchev–Trinajstić information content (AvgIpc) is 2.31. The van der Waals surface area contributed by atoms with E-state index in [1.807, 2.05) is 12.1 Å². The van der Waals surface area contributed by atoms with Crippen LogP contribution in [-0.4, -0.2) is 17.5 Å². The summed E-state index contributed by atoms with van der Waals surface area (Å²) >= 11 is 0. The van der Waals surface area contributed by atoms with Crippen molar-refractivity contribution < 1.29 is 0 Å². The van der Waals surface area contributed by atoms with Gasteiger partial charge in [0.25, 0.3) is 0 Å². The molecule has 0 saturated carbocycles. The summed E-state index contributed by atoms with van der Waals surface area (Å²) in [6, 6.07) is 8.75. The van der Waals surface area contributed by atoms with Crippen molar-refractivity contribution in [1.29, 1.82) is 0 Å². The Morgan fingerprint density at radius 1 is 1.17 bits per heavy atom. The smallest absolute Gasteiger partial charge is 0.0359 e. The van der Waals surface area contributed by atoms with Gasteiger partial charge >= 0.3 is 0 Å². The van der Waals surface area contributed by atoms with E-state index in [4.69, 9.17) is 5.73 Å². The summed E-state index contributed by atoms with van der Waals surface area (Å²) in [5, 5.41) is 0. The van der Waals surface area contributed by atoms with Crippen LogP contribution in [0.15, 0.2) is 24.3 Å². The van der Waals surface area contributed by atoms with E-state index in [1.165, 1.54) is 18.4 Å². The van der Waals surface area contributed by atoms with E-state index in [1.54, 1.807) is 0 Å². The molecule has 1 atom stereocenters. The quantitative estimate of drug-likeness (QED) is 0.741. The molecule has 102 valence electrons. The summed E-state index contributed by atoms with van der Waals surface area (Å²) in [6.45, 7) is 11.2. The number of nitrogens with zero attached hydrogens (tertiary/aromatic N) is 1. The molecule has 0 saturated heterocycles. The molecule has 2 nitrogen and oxygen atoms in total. The molecular weight excluding hydrogens is 220 g/mol. The van der Waals surface area contributed by atoms with E-state index in [0.29, 0.717) is 6.04 Å². The van der Waals surface area contributed by atoms with Crippen LogP contribution in [-0.2, 0) is 6.54 Å². The van der Waals surface area contributed by atoms with Crippen LogP contribution < -0.4 is 5.73 Å². The normalized spacial score (nSPS) is 13.2. The average molecular weight is 248 g/mol. The molecule has 1 aromatic rings. The fourth-order valence-electron chi connectivity index (χ4n) is 2.34. The predicted molar refractivity (Wildman–Crippen MR) is 80.5 cm³/mol. The Balaban J connectivity index is 2.66. The molecule has 2 N–H and O–H groups in total. The minimum Gasteiger partial charge on any atom is -0.398 e. The molecule has 1 rings (SSSR count). The predicted octanol–water partition coefficient (Wildman–Crippen LogP) is 3.92. The Morgan fingerprint density at radius 2 is 1.83 bits per heavy atom. The molecule has 0 fully saturated rings. The van der Waals surface area contributed by atoms with Crippen molar-refractivity contribution in [2.45, 2.75) is 53.1 Å². The largest absolute Gasteiger partial charge is 0.398 e. The molecule has 0 aromatic heterocycles. The van der Waals surface area contributed by atoms with Crippen molar-refractivity contribution in [1.82, 2.24) is 4.90 Å². The molecular formula is C16H28N2. The summed E-state index contributed by atoms with van der Waals surface area (Å²) in [4.78, 5) is 2.52. The fourth-order valence-corrected chi connectivity index (χ4v) is 2.34. The minimum atomic E-state index is 0.559. The van der Waals surface area contributed by atoms with Crippen LogP contribution in [0, 0.1) is 5.92 Å². The molecule has 0 aliphatic rings. The molecule has 0 heterocycles. The SMILES string of the molecule is CCCC(C)CN(Cc1ccccc1N)C(C)C. The maximum atomic E-state index is 6.03. The first-order valence-corrected chi connectivity index (χ1v) is 7.12. The highest BCUT2D eigenvalue weighted by Gasteiger charge is 2.14. The van der Waals surface area contributed by atoms with E-state index in [-0.39, 0.29) is 0 Å². The van der Waals surface area contributed by atoms with Crippen LogP contribution in [0.1, 0.15) is 46.1 Å². The number of nitrogens with two attached hydrogens (primary N) is 1. The summed E-state index contributed by atoms with van der Waals surface area (Å²) in [7, 11) is 0. The van der Waals surface area contributed by atoms with Crippen LogP contribution in [0.4, 0.5) is 5.69 Å². The van der Waals surface area contributed by atoms with Gasteiger partial charge in [-0.15, -0.1) is 0 Å². The highest BCUT2D eigenvalue weighted by molar-refractivity contribution is 5.46. The van der Waals surface area contributed by atoms with E-state index in [0.717, 1.165) is 24.7 Å². The topological polar surface area (TPSA) is 29.3 Å². The van der Waals surface area contributed by atoms with Gasteiger partial charge in [-0.1, -0.05) is 38.5 Å². The number of hydrogen-bond donors (Lipinski definition) is 1. The van der Waals surface area contributed by atoms with E-state index >= 15 is 0 Å². The molecule has 2 heteroatoms. The molecule has 18 heavy (non-hydrogen) atoms. The summed E-state index contributed by atoms with van der Waals surface area (Å²) in [5.74, 6) is 0.752. The lowest BCUT2D eigenvalue weighted by Crippen LogP contribution is -2.34. The molecule has 0 radical (unpaired) electrons. The number of benzene rings is 1. The first kappa shape index (κ1) is 15.0. The van der Waals surface area contributed by atoms with Crippen LogP contribution in [0.2, 0.25) is 0 Å². The first-order chi connectivity index (χ1) is 8.54. The van der Waals surface area contributed by atoms with Gasteiger partial charge in [-0.25, -0.2) is 0 Å². The number of anilines is 1. The third-order valence-electron chi connectivity index (χ3n) is 3.49. The Kier molecular flexibility index (Phi) is 6.20. The second kappa shape index (κ2) is 7.42. The van der Waals surface area contributed by atoms with Crippen molar-refractivity contribution >= 4 is 5.69 Å². The van der Waals surface area contributed by atoms with Gasteiger partial charge in [-0.05, 0) is 37.8 Å². The lowest BCUT2D eigenvalue weighted by Gasteiger charge is -2.29. The van der Waals surface area contributed by atoms with Gasteiger partial charge in [0.2, 0.25) is 0 Å². The second-order valence-electron chi connectivity index (χ2n) is 5.62. The van der Waals surface area contributed by atoms with Crippen molar-refractivity contribution in [3.63, 3.8) is 0 Å². The van der Waals surface area contributed by atoms with Gasteiger partial charge in [-0.3, -0.25) is 4.90 Å². The monoisotopic (exact) mass is 248 g/mol.